The molecule has 0 fully saturated rings. The van der Waals surface area contributed by atoms with Crippen LogP contribution in [0.2, 0.25) is 0 Å². The van der Waals surface area contributed by atoms with Crippen molar-refractivity contribution in [3.8, 4) is 0 Å². The second kappa shape index (κ2) is 5.71. The van der Waals surface area contributed by atoms with E-state index in [1.165, 1.54) is 29.6 Å². The Kier molecular flexibility index (Phi) is 4.01. The molecule has 5 nitrogen and oxygen atoms in total. The van der Waals surface area contributed by atoms with Crippen LogP contribution in [0, 0.1) is 0 Å². The number of aliphatic imine (C=N–C) groups is 1. The molecule has 0 amide bonds. The summed E-state index contributed by atoms with van der Waals surface area (Å²) in [7, 11) is 0. The lowest BCUT2D eigenvalue weighted by atomic mass is 10.1. The lowest BCUT2D eigenvalue weighted by molar-refractivity contribution is 0.101. The zero-order valence-corrected chi connectivity index (χ0v) is 11.4. The van der Waals surface area contributed by atoms with Gasteiger partial charge in [-0.05, 0) is 25.1 Å². The number of hydrogen-bond donors (Lipinski definition) is 1. The fourth-order valence-corrected chi connectivity index (χ4v) is 2.34. The summed E-state index contributed by atoms with van der Waals surface area (Å²) >= 11 is 1.47. The number of ketones is 1. The van der Waals surface area contributed by atoms with Gasteiger partial charge in [0.2, 0.25) is 0 Å². The Hall–Kier alpha value is -2.08. The van der Waals surface area contributed by atoms with Gasteiger partial charge in [0, 0.05) is 23.7 Å². The van der Waals surface area contributed by atoms with Gasteiger partial charge in [0.1, 0.15) is 0 Å². The molecular weight excluding hydrogens is 260 g/mol. The van der Waals surface area contributed by atoms with Gasteiger partial charge < -0.3 is 5.84 Å². The number of imidazole rings is 1. The van der Waals surface area contributed by atoms with E-state index >= 15 is 0 Å². The van der Waals surface area contributed by atoms with Gasteiger partial charge in [-0.2, -0.15) is 0 Å². The first-order chi connectivity index (χ1) is 9.13. The number of rotatable bonds is 5. The summed E-state index contributed by atoms with van der Waals surface area (Å²) in [6, 6.07) is 5.31. The molecule has 2 aromatic rings. The smallest absolute Gasteiger partial charge is 0.188 e. The summed E-state index contributed by atoms with van der Waals surface area (Å²) < 4.78 is 1.52. The lowest BCUT2D eigenvalue weighted by Gasteiger charge is -1.99. The Balaban J connectivity index is 2.30. The molecule has 0 saturated heterocycles. The monoisotopic (exact) mass is 274 g/mol. The number of fused-ring (bicyclic) bond motifs is 1. The average molecular weight is 274 g/mol. The van der Waals surface area contributed by atoms with Crippen LogP contribution >= 0.6 is 11.8 Å². The molecule has 0 radical (unpaired) electrons. The van der Waals surface area contributed by atoms with Gasteiger partial charge in [0.15, 0.2) is 10.9 Å². The minimum Gasteiger partial charge on any atom is -0.337 e. The second-order valence-electron chi connectivity index (χ2n) is 3.85. The maximum absolute atomic E-state index is 11.3. The van der Waals surface area contributed by atoms with Crippen LogP contribution in [-0.2, 0) is 0 Å². The molecule has 0 aliphatic carbocycles. The molecule has 0 aliphatic heterocycles. The van der Waals surface area contributed by atoms with E-state index in [-0.39, 0.29) is 5.78 Å². The first-order valence-electron chi connectivity index (χ1n) is 5.67. The van der Waals surface area contributed by atoms with Crippen molar-refractivity contribution in [1.29, 1.82) is 0 Å². The number of nitrogens with two attached hydrogens (primary N) is 1. The molecular formula is C13H14N4OS. The topological polar surface area (TPSA) is 73.3 Å². The summed E-state index contributed by atoms with van der Waals surface area (Å²) in [4.78, 5) is 19.6. The average Bonchev–Trinajstić information content (AvgIpc) is 2.71. The number of nitrogen functional groups attached to an aromatic ring is 1. The van der Waals surface area contributed by atoms with Gasteiger partial charge in [-0.15, -0.1) is 0 Å². The number of aromatic nitrogens is 2. The summed E-state index contributed by atoms with van der Waals surface area (Å²) in [6.07, 6.45) is 3.21. The zero-order chi connectivity index (χ0) is 13.8. The van der Waals surface area contributed by atoms with E-state index in [1.807, 2.05) is 0 Å². The molecule has 0 atom stereocenters. The molecule has 0 unspecified atom stereocenters. The van der Waals surface area contributed by atoms with Crippen molar-refractivity contribution in [1.82, 2.24) is 9.66 Å². The Morgan fingerprint density at radius 2 is 2.42 bits per heavy atom. The fraction of sp³-hybridized carbons (Fsp3) is 0.154. The standard InChI is InChI=1S/C13H14N4OS/c1-3-15-6-7-19-13-16-11-8-10(9(2)18)4-5-12(11)17(13)14/h3-6,8H,1,7,14H2,2H3. The Morgan fingerprint density at radius 1 is 1.63 bits per heavy atom. The predicted molar refractivity (Wildman–Crippen MR) is 79.3 cm³/mol. The third kappa shape index (κ3) is 2.85. The molecule has 1 aromatic heterocycles. The first-order valence-corrected chi connectivity index (χ1v) is 6.66. The number of hydrogen-bond acceptors (Lipinski definition) is 5. The van der Waals surface area contributed by atoms with Crippen molar-refractivity contribution in [3.63, 3.8) is 0 Å². The van der Waals surface area contributed by atoms with Crippen LogP contribution in [0.5, 0.6) is 0 Å². The zero-order valence-electron chi connectivity index (χ0n) is 10.5. The molecule has 0 spiro atoms. The van der Waals surface area contributed by atoms with Crippen LogP contribution in [0.4, 0.5) is 0 Å². The quantitative estimate of drug-likeness (QED) is 0.393. The lowest BCUT2D eigenvalue weighted by Crippen LogP contribution is -2.09. The van der Waals surface area contributed by atoms with Gasteiger partial charge in [-0.3, -0.25) is 9.79 Å². The van der Waals surface area contributed by atoms with Gasteiger partial charge >= 0.3 is 0 Å². The minimum atomic E-state index is 0.0146. The van der Waals surface area contributed by atoms with Crippen molar-refractivity contribution in [2.24, 2.45) is 4.99 Å². The van der Waals surface area contributed by atoms with Crippen LogP contribution in [0.1, 0.15) is 17.3 Å². The van der Waals surface area contributed by atoms with Crippen molar-refractivity contribution < 1.29 is 4.79 Å². The summed E-state index contributed by atoms with van der Waals surface area (Å²) in [5.74, 6) is 6.64. The second-order valence-corrected chi connectivity index (χ2v) is 4.84. The molecule has 98 valence electrons. The highest BCUT2D eigenvalue weighted by Gasteiger charge is 2.10. The van der Waals surface area contributed by atoms with Gasteiger partial charge in [0.05, 0.1) is 11.0 Å². The van der Waals surface area contributed by atoms with Gasteiger partial charge in [0.25, 0.3) is 0 Å². The highest BCUT2D eigenvalue weighted by molar-refractivity contribution is 7.99. The van der Waals surface area contributed by atoms with E-state index in [9.17, 15) is 4.79 Å². The van der Waals surface area contributed by atoms with Crippen LogP contribution in [-0.4, -0.2) is 27.4 Å². The van der Waals surface area contributed by atoms with Crippen molar-refractivity contribution >= 4 is 34.8 Å². The fourth-order valence-electron chi connectivity index (χ4n) is 1.63. The number of Topliss-reactive ketones (excluding diaryl/α,β-unsaturated/α-hetero) is 1. The highest BCUT2D eigenvalue weighted by atomic mass is 32.2. The molecule has 0 aliphatic rings. The highest BCUT2D eigenvalue weighted by Crippen LogP contribution is 2.22. The summed E-state index contributed by atoms with van der Waals surface area (Å²) in [5, 5.41) is 0.686. The number of nitrogens with zero attached hydrogens (tertiary/aromatic N) is 3. The SMILES string of the molecule is C=CN=CCSc1nc2cc(C(C)=O)ccc2n1N. The molecule has 1 aromatic carbocycles. The van der Waals surface area contributed by atoms with Gasteiger partial charge in [-0.1, -0.05) is 18.3 Å². The van der Waals surface area contributed by atoms with Crippen molar-refractivity contribution in [3.05, 3.63) is 36.5 Å². The minimum absolute atomic E-state index is 0.0146. The molecule has 0 bridgehead atoms. The van der Waals surface area contributed by atoms with E-state index in [0.717, 1.165) is 11.0 Å². The predicted octanol–water partition coefficient (Wildman–Crippen LogP) is 2.26. The first kappa shape index (κ1) is 13.4. The Labute approximate surface area is 115 Å². The molecule has 2 N–H and O–H groups in total. The normalized spacial score (nSPS) is 11.2. The largest absolute Gasteiger partial charge is 0.337 e. The third-order valence-electron chi connectivity index (χ3n) is 2.56. The number of thioether (sulfide) groups is 1. The molecule has 6 heteroatoms. The van der Waals surface area contributed by atoms with E-state index in [4.69, 9.17) is 5.84 Å². The van der Waals surface area contributed by atoms with Crippen molar-refractivity contribution in [2.75, 3.05) is 11.6 Å². The summed E-state index contributed by atoms with van der Waals surface area (Å²) in [5.41, 5.74) is 2.15. The Morgan fingerprint density at radius 3 is 3.11 bits per heavy atom. The summed E-state index contributed by atoms with van der Waals surface area (Å²) in [6.45, 7) is 5.03. The van der Waals surface area contributed by atoms with Gasteiger partial charge in [-0.25, -0.2) is 9.66 Å². The number of benzene rings is 1. The van der Waals surface area contributed by atoms with E-state index in [2.05, 4.69) is 16.6 Å². The van der Waals surface area contributed by atoms with Crippen LogP contribution in [0.3, 0.4) is 0 Å². The maximum atomic E-state index is 11.3. The van der Waals surface area contributed by atoms with E-state index < -0.39 is 0 Å². The molecule has 19 heavy (non-hydrogen) atoms. The van der Waals surface area contributed by atoms with E-state index in [1.54, 1.807) is 24.4 Å². The molecule has 1 heterocycles. The molecule has 2 rings (SSSR count). The number of carbonyl (C=O) groups is 1. The number of carbonyl (C=O) groups excluding carboxylic acids is 1. The molecule has 0 saturated carbocycles. The van der Waals surface area contributed by atoms with Crippen molar-refractivity contribution in [2.45, 2.75) is 12.1 Å². The van der Waals surface area contributed by atoms with E-state index in [0.29, 0.717) is 16.5 Å². The maximum Gasteiger partial charge on any atom is 0.188 e. The van der Waals surface area contributed by atoms with Crippen LogP contribution in [0.15, 0.2) is 41.1 Å². The Bertz CT molecular complexity index is 660. The van der Waals surface area contributed by atoms with Crippen LogP contribution in [0.25, 0.3) is 11.0 Å². The van der Waals surface area contributed by atoms with Crippen LogP contribution < -0.4 is 5.84 Å². The third-order valence-corrected chi connectivity index (χ3v) is 3.42.